The van der Waals surface area contributed by atoms with Crippen LogP contribution in [0.15, 0.2) is 30.3 Å². The second-order valence-electron chi connectivity index (χ2n) is 7.82. The Morgan fingerprint density at radius 2 is 1.93 bits per heavy atom. The summed E-state index contributed by atoms with van der Waals surface area (Å²) in [6.45, 7) is 6.12. The van der Waals surface area contributed by atoms with Gasteiger partial charge in [-0.15, -0.1) is 0 Å². The molecule has 6 nitrogen and oxygen atoms in total. The van der Waals surface area contributed by atoms with Crippen LogP contribution in [-0.2, 0) is 20.7 Å². The summed E-state index contributed by atoms with van der Waals surface area (Å²) in [6, 6.07) is 9.52. The Hall–Kier alpha value is -1.92. The van der Waals surface area contributed by atoms with Crippen LogP contribution in [0.2, 0.25) is 0 Å². The van der Waals surface area contributed by atoms with E-state index in [1.807, 2.05) is 30.1 Å². The number of benzene rings is 1. The van der Waals surface area contributed by atoms with Gasteiger partial charge >= 0.3 is 5.97 Å². The molecule has 28 heavy (non-hydrogen) atoms. The Morgan fingerprint density at radius 1 is 1.21 bits per heavy atom. The second kappa shape index (κ2) is 10.0. The minimum atomic E-state index is -0.472. The lowest BCUT2D eigenvalue weighted by molar-refractivity contribution is -0.160. The summed E-state index contributed by atoms with van der Waals surface area (Å²) < 4.78 is 5.29. The van der Waals surface area contributed by atoms with Crippen molar-refractivity contribution in [3.63, 3.8) is 0 Å². The quantitative estimate of drug-likeness (QED) is 0.729. The van der Waals surface area contributed by atoms with Crippen molar-refractivity contribution >= 4 is 11.9 Å². The third-order valence-corrected chi connectivity index (χ3v) is 5.73. The number of rotatable bonds is 7. The molecule has 2 fully saturated rings. The highest BCUT2D eigenvalue weighted by molar-refractivity contribution is 5.83. The molecule has 1 N–H and O–H groups in total. The van der Waals surface area contributed by atoms with Gasteiger partial charge in [-0.25, -0.2) is 5.01 Å². The summed E-state index contributed by atoms with van der Waals surface area (Å²) in [5.74, 6) is -0.169. The molecule has 0 aliphatic carbocycles. The number of hydrogen-bond donors (Lipinski definition) is 1. The Morgan fingerprint density at radius 3 is 2.64 bits per heavy atom. The maximum Gasteiger partial charge on any atom is 0.323 e. The molecule has 3 rings (SSSR count). The molecule has 6 heteroatoms. The van der Waals surface area contributed by atoms with Gasteiger partial charge in [-0.1, -0.05) is 30.3 Å². The van der Waals surface area contributed by atoms with Crippen LogP contribution in [0.3, 0.4) is 0 Å². The van der Waals surface area contributed by atoms with E-state index in [1.165, 1.54) is 5.56 Å². The smallest absolute Gasteiger partial charge is 0.323 e. The van der Waals surface area contributed by atoms with Crippen molar-refractivity contribution in [2.24, 2.45) is 0 Å². The molecule has 2 aliphatic heterocycles. The Balaban J connectivity index is 1.69. The van der Waals surface area contributed by atoms with E-state index in [4.69, 9.17) is 4.74 Å². The highest BCUT2D eigenvalue weighted by Crippen LogP contribution is 2.24. The maximum absolute atomic E-state index is 13.3. The van der Waals surface area contributed by atoms with Crippen LogP contribution in [0, 0.1) is 0 Å². The number of ether oxygens (including phenoxy) is 1. The number of hydrazine groups is 1. The molecule has 2 heterocycles. The average molecular weight is 388 g/mol. The molecular formula is C22H33N3O3. The van der Waals surface area contributed by atoms with Crippen molar-refractivity contribution in [3.05, 3.63) is 35.9 Å². The fraction of sp³-hybridized carbons (Fsp3) is 0.636. The van der Waals surface area contributed by atoms with Gasteiger partial charge < -0.3 is 4.74 Å². The van der Waals surface area contributed by atoms with Gasteiger partial charge in [-0.3, -0.25) is 19.9 Å². The van der Waals surface area contributed by atoms with E-state index in [1.54, 1.807) is 0 Å². The lowest BCUT2D eigenvalue weighted by atomic mass is 10.0. The van der Waals surface area contributed by atoms with Crippen molar-refractivity contribution in [3.8, 4) is 0 Å². The highest BCUT2D eigenvalue weighted by atomic mass is 16.5. The molecule has 154 valence electrons. The SMILES string of the molecule is CCOC(=O)[C@H](CCc1ccccc1)NC1CCCN2CCC[C@@H](C)N2C1=O. The number of carbonyl (C=O) groups is 2. The molecule has 0 radical (unpaired) electrons. The highest BCUT2D eigenvalue weighted by Gasteiger charge is 2.38. The van der Waals surface area contributed by atoms with Crippen LogP contribution in [0.4, 0.5) is 0 Å². The number of carbonyl (C=O) groups excluding carboxylic acids is 2. The molecule has 2 aliphatic rings. The summed E-state index contributed by atoms with van der Waals surface area (Å²) in [5, 5.41) is 7.50. The first-order valence-corrected chi connectivity index (χ1v) is 10.6. The van der Waals surface area contributed by atoms with Gasteiger partial charge in [-0.05, 0) is 57.9 Å². The summed E-state index contributed by atoms with van der Waals surface area (Å²) in [7, 11) is 0. The number of nitrogens with zero attached hydrogens (tertiary/aromatic N) is 2. The predicted molar refractivity (Wildman–Crippen MR) is 108 cm³/mol. The second-order valence-corrected chi connectivity index (χ2v) is 7.82. The van der Waals surface area contributed by atoms with Crippen LogP contribution >= 0.6 is 0 Å². The molecule has 0 saturated carbocycles. The van der Waals surface area contributed by atoms with Crippen LogP contribution < -0.4 is 5.32 Å². The lowest BCUT2D eigenvalue weighted by Gasteiger charge is -2.43. The van der Waals surface area contributed by atoms with E-state index in [2.05, 4.69) is 29.4 Å². The molecule has 0 spiro atoms. The zero-order valence-electron chi connectivity index (χ0n) is 17.1. The topological polar surface area (TPSA) is 61.9 Å². The molecule has 1 aromatic carbocycles. The fourth-order valence-corrected chi connectivity index (χ4v) is 4.28. The van der Waals surface area contributed by atoms with Gasteiger partial charge in [0, 0.05) is 19.1 Å². The first-order chi connectivity index (χ1) is 13.6. The predicted octanol–water partition coefficient (Wildman–Crippen LogP) is 2.53. The number of esters is 1. The molecule has 0 bridgehead atoms. The summed E-state index contributed by atoms with van der Waals surface area (Å²) in [5.41, 5.74) is 1.18. The van der Waals surface area contributed by atoms with E-state index in [-0.39, 0.29) is 24.0 Å². The Labute approximate surface area is 168 Å². The normalized spacial score (nSPS) is 24.4. The average Bonchev–Trinajstić information content (AvgIpc) is 2.85. The maximum atomic E-state index is 13.3. The number of fused-ring (bicyclic) bond motifs is 1. The van der Waals surface area contributed by atoms with Gasteiger partial charge in [-0.2, -0.15) is 0 Å². The third kappa shape index (κ3) is 5.11. The first-order valence-electron chi connectivity index (χ1n) is 10.6. The van der Waals surface area contributed by atoms with Crippen LogP contribution in [0.25, 0.3) is 0 Å². The Kier molecular flexibility index (Phi) is 7.45. The van der Waals surface area contributed by atoms with Gasteiger partial charge in [0.2, 0.25) is 0 Å². The zero-order chi connectivity index (χ0) is 19.9. The third-order valence-electron chi connectivity index (χ3n) is 5.73. The van der Waals surface area contributed by atoms with Gasteiger partial charge in [0.15, 0.2) is 0 Å². The summed E-state index contributed by atoms with van der Waals surface area (Å²) in [4.78, 5) is 25.8. The summed E-state index contributed by atoms with van der Waals surface area (Å²) >= 11 is 0. The van der Waals surface area contributed by atoms with E-state index >= 15 is 0 Å². The number of nitrogens with one attached hydrogen (secondary N) is 1. The zero-order valence-corrected chi connectivity index (χ0v) is 17.1. The van der Waals surface area contributed by atoms with Crippen LogP contribution in [0.5, 0.6) is 0 Å². The van der Waals surface area contributed by atoms with E-state index < -0.39 is 6.04 Å². The standard InChI is InChI=1S/C22H33N3O3/c1-3-28-22(27)20(14-13-18-10-5-4-6-11-18)23-19-12-8-16-24-15-7-9-17(2)25(24)21(19)26/h4-6,10-11,17,19-20,23H,3,7-9,12-16H2,1-2H3/t17-,19?,20+/m1/s1. The van der Waals surface area contributed by atoms with Gasteiger partial charge in [0.1, 0.15) is 6.04 Å². The fourth-order valence-electron chi connectivity index (χ4n) is 4.28. The minimum Gasteiger partial charge on any atom is -0.465 e. The van der Waals surface area contributed by atoms with Gasteiger partial charge in [0.25, 0.3) is 5.91 Å². The van der Waals surface area contributed by atoms with Gasteiger partial charge in [0.05, 0.1) is 12.6 Å². The largest absolute Gasteiger partial charge is 0.465 e. The lowest BCUT2D eigenvalue weighted by Crippen LogP contribution is -2.59. The van der Waals surface area contributed by atoms with Crippen LogP contribution in [-0.4, -0.2) is 59.7 Å². The molecule has 0 aromatic heterocycles. The number of amides is 1. The van der Waals surface area contributed by atoms with Crippen molar-refractivity contribution in [2.45, 2.75) is 70.5 Å². The van der Waals surface area contributed by atoms with Crippen LogP contribution in [0.1, 0.15) is 51.5 Å². The molecule has 3 atom stereocenters. The van der Waals surface area contributed by atoms with Crippen molar-refractivity contribution in [2.75, 3.05) is 19.7 Å². The van der Waals surface area contributed by atoms with Crippen molar-refractivity contribution in [1.82, 2.24) is 15.3 Å². The summed E-state index contributed by atoms with van der Waals surface area (Å²) in [6.07, 6.45) is 5.24. The van der Waals surface area contributed by atoms with E-state index in [0.717, 1.165) is 45.2 Å². The molecule has 1 amide bonds. The number of aryl methyl sites for hydroxylation is 1. The van der Waals surface area contributed by atoms with E-state index in [9.17, 15) is 9.59 Å². The Bertz CT molecular complexity index is 652. The molecule has 1 unspecified atom stereocenters. The van der Waals surface area contributed by atoms with Crippen molar-refractivity contribution < 1.29 is 14.3 Å². The number of hydrogen-bond acceptors (Lipinski definition) is 5. The molecular weight excluding hydrogens is 354 g/mol. The monoisotopic (exact) mass is 387 g/mol. The first kappa shape index (κ1) is 20.8. The molecule has 2 saturated heterocycles. The van der Waals surface area contributed by atoms with Crippen molar-refractivity contribution in [1.29, 1.82) is 0 Å². The minimum absolute atomic E-state index is 0.0960. The van der Waals surface area contributed by atoms with E-state index in [0.29, 0.717) is 13.0 Å². The molecule has 1 aromatic rings.